The molecule has 0 bridgehead atoms. The number of piperidine rings is 1. The van der Waals surface area contributed by atoms with Crippen molar-refractivity contribution in [2.75, 3.05) is 33.2 Å². The second-order valence-electron chi connectivity index (χ2n) is 7.09. The molecule has 0 aliphatic carbocycles. The summed E-state index contributed by atoms with van der Waals surface area (Å²) in [5, 5.41) is 3.10. The second kappa shape index (κ2) is 9.55. The van der Waals surface area contributed by atoms with Gasteiger partial charge in [-0.25, -0.2) is 0 Å². The SMILES string of the molecule is CN(CC(=O)NCC(c1ccco1)N1CCCCC1)Cc1ccccc1. The molecule has 3 rings (SSSR count). The molecule has 2 aromatic rings. The van der Waals surface area contributed by atoms with E-state index in [2.05, 4.69) is 22.3 Å². The number of amides is 1. The lowest BCUT2D eigenvalue weighted by atomic mass is 10.1. The maximum Gasteiger partial charge on any atom is 0.234 e. The predicted molar refractivity (Wildman–Crippen MR) is 103 cm³/mol. The number of nitrogens with zero attached hydrogens (tertiary/aromatic N) is 2. The summed E-state index contributed by atoms with van der Waals surface area (Å²) in [6.07, 6.45) is 5.43. The summed E-state index contributed by atoms with van der Waals surface area (Å²) >= 11 is 0. The third-order valence-electron chi connectivity index (χ3n) is 4.90. The first-order valence-corrected chi connectivity index (χ1v) is 9.49. The number of hydrogen-bond acceptors (Lipinski definition) is 4. The first-order valence-electron chi connectivity index (χ1n) is 9.49. The monoisotopic (exact) mass is 355 g/mol. The van der Waals surface area contributed by atoms with Crippen LogP contribution in [0.1, 0.15) is 36.6 Å². The standard InChI is InChI=1S/C21H29N3O2/c1-23(16-18-9-4-2-5-10-18)17-21(25)22-15-19(20-11-8-14-26-20)24-12-6-3-7-13-24/h2,4-5,8-11,14,19H,3,6-7,12-13,15-17H2,1H3,(H,22,25). The third-order valence-corrected chi connectivity index (χ3v) is 4.90. The van der Waals surface area contributed by atoms with Gasteiger partial charge >= 0.3 is 0 Å². The van der Waals surface area contributed by atoms with Crippen LogP contribution in [0, 0.1) is 0 Å². The van der Waals surface area contributed by atoms with Crippen LogP contribution in [0.15, 0.2) is 53.1 Å². The molecule has 1 aromatic heterocycles. The fraction of sp³-hybridized carbons (Fsp3) is 0.476. The number of likely N-dealkylation sites (N-methyl/N-ethyl adjacent to an activating group) is 1. The molecule has 1 atom stereocenters. The van der Waals surface area contributed by atoms with Crippen LogP contribution < -0.4 is 5.32 Å². The highest BCUT2D eigenvalue weighted by atomic mass is 16.3. The molecule has 5 nitrogen and oxygen atoms in total. The molecule has 1 saturated heterocycles. The maximum atomic E-state index is 12.4. The summed E-state index contributed by atoms with van der Waals surface area (Å²) in [6, 6.07) is 14.3. The fourth-order valence-corrected chi connectivity index (χ4v) is 3.58. The molecule has 2 heterocycles. The number of furan rings is 1. The summed E-state index contributed by atoms with van der Waals surface area (Å²) in [6.45, 7) is 3.87. The van der Waals surface area contributed by atoms with E-state index in [4.69, 9.17) is 4.42 Å². The largest absolute Gasteiger partial charge is 0.468 e. The Labute approximate surface area is 156 Å². The highest BCUT2D eigenvalue weighted by molar-refractivity contribution is 5.78. The average Bonchev–Trinajstić information content (AvgIpc) is 3.18. The Balaban J connectivity index is 1.50. The van der Waals surface area contributed by atoms with E-state index in [0.29, 0.717) is 13.1 Å². The van der Waals surface area contributed by atoms with Crippen LogP contribution in [0.5, 0.6) is 0 Å². The van der Waals surface area contributed by atoms with Gasteiger partial charge in [0.15, 0.2) is 0 Å². The molecular weight excluding hydrogens is 326 g/mol. The Kier molecular flexibility index (Phi) is 6.86. The average molecular weight is 355 g/mol. The molecule has 1 aromatic carbocycles. The van der Waals surface area contributed by atoms with E-state index in [1.165, 1.54) is 24.8 Å². The van der Waals surface area contributed by atoms with E-state index >= 15 is 0 Å². The van der Waals surface area contributed by atoms with Crippen molar-refractivity contribution in [3.63, 3.8) is 0 Å². The number of nitrogens with one attached hydrogen (secondary N) is 1. The first-order chi connectivity index (χ1) is 12.7. The number of carbonyl (C=O) groups excluding carboxylic acids is 1. The summed E-state index contributed by atoms with van der Waals surface area (Å²) in [5.74, 6) is 0.988. The lowest BCUT2D eigenvalue weighted by Gasteiger charge is -2.33. The molecule has 1 amide bonds. The van der Waals surface area contributed by atoms with E-state index in [9.17, 15) is 4.79 Å². The van der Waals surface area contributed by atoms with Gasteiger partial charge in [-0.1, -0.05) is 36.8 Å². The molecule has 1 N–H and O–H groups in total. The summed E-state index contributed by atoms with van der Waals surface area (Å²) < 4.78 is 5.64. The summed E-state index contributed by atoms with van der Waals surface area (Å²) in [5.41, 5.74) is 1.21. The number of benzene rings is 1. The molecule has 0 saturated carbocycles. The van der Waals surface area contributed by atoms with Gasteiger partial charge in [0.2, 0.25) is 5.91 Å². The van der Waals surface area contributed by atoms with Crippen LogP contribution in [-0.2, 0) is 11.3 Å². The number of rotatable bonds is 8. The van der Waals surface area contributed by atoms with Crippen molar-refractivity contribution in [1.82, 2.24) is 15.1 Å². The van der Waals surface area contributed by atoms with Crippen molar-refractivity contribution >= 4 is 5.91 Å². The minimum Gasteiger partial charge on any atom is -0.468 e. The smallest absolute Gasteiger partial charge is 0.234 e. The molecule has 5 heteroatoms. The predicted octanol–water partition coefficient (Wildman–Crippen LogP) is 3.05. The highest BCUT2D eigenvalue weighted by Crippen LogP contribution is 2.24. The van der Waals surface area contributed by atoms with Crippen LogP contribution in [0.2, 0.25) is 0 Å². The molecule has 0 radical (unpaired) electrons. The zero-order valence-electron chi connectivity index (χ0n) is 15.6. The van der Waals surface area contributed by atoms with Crippen LogP contribution in [-0.4, -0.2) is 48.9 Å². The van der Waals surface area contributed by atoms with Crippen LogP contribution >= 0.6 is 0 Å². The lowest BCUT2D eigenvalue weighted by Crippen LogP contribution is -2.42. The second-order valence-corrected chi connectivity index (χ2v) is 7.09. The van der Waals surface area contributed by atoms with Gasteiger partial charge in [0, 0.05) is 13.1 Å². The van der Waals surface area contributed by atoms with Crippen molar-refractivity contribution in [3.05, 3.63) is 60.1 Å². The van der Waals surface area contributed by atoms with Gasteiger partial charge in [-0.3, -0.25) is 14.6 Å². The van der Waals surface area contributed by atoms with E-state index in [1.54, 1.807) is 6.26 Å². The van der Waals surface area contributed by atoms with E-state index in [-0.39, 0.29) is 11.9 Å². The minimum atomic E-state index is 0.0528. The molecule has 1 aliphatic heterocycles. The van der Waals surface area contributed by atoms with Gasteiger partial charge in [0.25, 0.3) is 0 Å². The summed E-state index contributed by atoms with van der Waals surface area (Å²) in [7, 11) is 1.97. The zero-order chi connectivity index (χ0) is 18.2. The molecular formula is C21H29N3O2. The Bertz CT molecular complexity index is 651. The Morgan fingerprint density at radius 2 is 1.92 bits per heavy atom. The fourth-order valence-electron chi connectivity index (χ4n) is 3.58. The van der Waals surface area contributed by atoms with E-state index < -0.39 is 0 Å². The molecule has 0 spiro atoms. The van der Waals surface area contributed by atoms with Crippen molar-refractivity contribution in [1.29, 1.82) is 0 Å². The van der Waals surface area contributed by atoms with E-state index in [1.807, 2.05) is 42.3 Å². The van der Waals surface area contributed by atoms with Crippen LogP contribution in [0.3, 0.4) is 0 Å². The Morgan fingerprint density at radius 3 is 2.62 bits per heavy atom. The molecule has 1 unspecified atom stereocenters. The van der Waals surface area contributed by atoms with Gasteiger partial charge in [0.1, 0.15) is 5.76 Å². The van der Waals surface area contributed by atoms with Gasteiger partial charge in [0.05, 0.1) is 18.8 Å². The van der Waals surface area contributed by atoms with Crippen molar-refractivity contribution in [2.45, 2.75) is 31.8 Å². The van der Waals surface area contributed by atoms with E-state index in [0.717, 1.165) is 25.4 Å². The van der Waals surface area contributed by atoms with Gasteiger partial charge < -0.3 is 9.73 Å². The normalized spacial score (nSPS) is 16.5. The molecule has 1 aliphatic rings. The van der Waals surface area contributed by atoms with Crippen molar-refractivity contribution < 1.29 is 9.21 Å². The summed E-state index contributed by atoms with van der Waals surface area (Å²) in [4.78, 5) is 16.9. The van der Waals surface area contributed by atoms with Crippen molar-refractivity contribution in [3.8, 4) is 0 Å². The van der Waals surface area contributed by atoms with Crippen LogP contribution in [0.4, 0.5) is 0 Å². The number of hydrogen-bond donors (Lipinski definition) is 1. The molecule has 1 fully saturated rings. The van der Waals surface area contributed by atoms with Gasteiger partial charge in [-0.2, -0.15) is 0 Å². The first kappa shape index (κ1) is 18.7. The Hall–Kier alpha value is -2.11. The zero-order valence-corrected chi connectivity index (χ0v) is 15.6. The quantitative estimate of drug-likeness (QED) is 0.791. The third kappa shape index (κ3) is 5.44. The maximum absolute atomic E-state index is 12.4. The lowest BCUT2D eigenvalue weighted by molar-refractivity contribution is -0.122. The highest BCUT2D eigenvalue weighted by Gasteiger charge is 2.25. The minimum absolute atomic E-state index is 0.0528. The number of carbonyl (C=O) groups is 1. The topological polar surface area (TPSA) is 48.7 Å². The van der Waals surface area contributed by atoms with Gasteiger partial charge in [-0.05, 0) is 50.7 Å². The number of likely N-dealkylation sites (tertiary alicyclic amines) is 1. The van der Waals surface area contributed by atoms with Gasteiger partial charge in [-0.15, -0.1) is 0 Å². The van der Waals surface area contributed by atoms with Crippen molar-refractivity contribution in [2.24, 2.45) is 0 Å². The molecule has 140 valence electrons. The molecule has 26 heavy (non-hydrogen) atoms. The Morgan fingerprint density at radius 1 is 1.15 bits per heavy atom. The van der Waals surface area contributed by atoms with Crippen LogP contribution in [0.25, 0.3) is 0 Å².